The number of likely N-dealkylation sites (tertiary alicyclic amines) is 2. The fraction of sp³-hybridized carbons (Fsp3) is 0.364. The van der Waals surface area contributed by atoms with Crippen LogP contribution in [0.3, 0.4) is 0 Å². The van der Waals surface area contributed by atoms with Crippen LogP contribution in [0.4, 0.5) is 4.79 Å². The van der Waals surface area contributed by atoms with E-state index >= 15 is 0 Å². The Morgan fingerprint density at radius 1 is 0.591 bits per heavy atom. The molecule has 11 heteroatoms. The van der Waals surface area contributed by atoms with Gasteiger partial charge in [0.25, 0.3) is 5.91 Å². The summed E-state index contributed by atoms with van der Waals surface area (Å²) < 4.78 is 4.97. The monoisotopic (exact) mass is 879 g/mol. The average molecular weight is 880 g/mol. The molecule has 2 aliphatic heterocycles. The number of nitrogens with one attached hydrogen (secondary N) is 3. The zero-order chi connectivity index (χ0) is 44.9. The molecule has 0 unspecified atom stereocenters. The number of amides is 3. The van der Waals surface area contributed by atoms with Gasteiger partial charge >= 0.3 is 6.09 Å². The van der Waals surface area contributed by atoms with Crippen molar-refractivity contribution in [2.75, 3.05) is 7.11 Å². The molecular formula is C55H57N7O4. The van der Waals surface area contributed by atoms with Gasteiger partial charge in [-0.1, -0.05) is 123 Å². The molecule has 7 aromatic rings. The van der Waals surface area contributed by atoms with Gasteiger partial charge in [-0.15, -0.1) is 0 Å². The zero-order valence-electron chi connectivity index (χ0n) is 37.7. The number of ether oxygens (including phenoxy) is 1. The molecule has 336 valence electrons. The lowest BCUT2D eigenvalue weighted by Crippen LogP contribution is -2.47. The van der Waals surface area contributed by atoms with E-state index in [1.807, 2.05) is 60.4 Å². The van der Waals surface area contributed by atoms with E-state index in [2.05, 4.69) is 93.0 Å². The maximum absolute atomic E-state index is 14.7. The van der Waals surface area contributed by atoms with Gasteiger partial charge in [-0.3, -0.25) is 9.59 Å². The molecule has 11 rings (SSSR count). The van der Waals surface area contributed by atoms with E-state index in [9.17, 15) is 14.4 Å². The number of hydrogen-bond acceptors (Lipinski definition) is 6. The number of aromatic amines is 2. The molecule has 0 spiro atoms. The van der Waals surface area contributed by atoms with Crippen LogP contribution in [0.25, 0.3) is 44.3 Å². The van der Waals surface area contributed by atoms with Crippen LogP contribution in [0.2, 0.25) is 0 Å². The van der Waals surface area contributed by atoms with Gasteiger partial charge in [0, 0.05) is 12.1 Å². The second kappa shape index (κ2) is 17.6. The van der Waals surface area contributed by atoms with Crippen LogP contribution in [0.15, 0.2) is 121 Å². The van der Waals surface area contributed by atoms with E-state index < -0.39 is 12.1 Å². The molecule has 2 saturated carbocycles. The third kappa shape index (κ3) is 7.71. The Bertz CT molecular complexity index is 2890. The van der Waals surface area contributed by atoms with Crippen LogP contribution in [0.1, 0.15) is 118 Å². The summed E-state index contributed by atoms with van der Waals surface area (Å²) in [6, 6.07) is 40.1. The molecular weight excluding hydrogens is 823 g/mol. The Morgan fingerprint density at radius 2 is 1.05 bits per heavy atom. The summed E-state index contributed by atoms with van der Waals surface area (Å²) in [5.74, 6) is 2.37. The predicted octanol–water partition coefficient (Wildman–Crippen LogP) is 11.3. The van der Waals surface area contributed by atoms with Crippen molar-refractivity contribution >= 4 is 40.0 Å². The first kappa shape index (κ1) is 41.9. The van der Waals surface area contributed by atoms with Crippen molar-refractivity contribution in [3.63, 3.8) is 0 Å². The molecule has 4 aliphatic rings. The van der Waals surface area contributed by atoms with E-state index in [0.29, 0.717) is 17.4 Å². The Hall–Kier alpha value is -6.75. The van der Waals surface area contributed by atoms with Gasteiger partial charge in [0.1, 0.15) is 17.7 Å². The van der Waals surface area contributed by atoms with Crippen molar-refractivity contribution in [1.29, 1.82) is 0 Å². The fourth-order valence-corrected chi connectivity index (χ4v) is 12.0. The lowest BCUT2D eigenvalue weighted by atomic mass is 9.84. The molecule has 8 atom stereocenters. The van der Waals surface area contributed by atoms with E-state index in [4.69, 9.17) is 14.7 Å². The summed E-state index contributed by atoms with van der Waals surface area (Å²) in [4.78, 5) is 63.4. The van der Waals surface area contributed by atoms with Gasteiger partial charge in [0.15, 0.2) is 0 Å². The topological polar surface area (TPSA) is 136 Å². The number of aromatic nitrogens is 4. The van der Waals surface area contributed by atoms with Crippen LogP contribution >= 0.6 is 0 Å². The number of nitrogens with zero attached hydrogens (tertiary/aromatic N) is 4. The number of benzene rings is 5. The third-order valence-corrected chi connectivity index (χ3v) is 15.4. The van der Waals surface area contributed by atoms with Gasteiger partial charge in [0.2, 0.25) is 5.91 Å². The molecule has 2 aromatic heterocycles. The molecule has 2 aliphatic carbocycles. The SMILES string of the molecule is COC(=O)N[C@@H](C(=O)N1[C@H](c2nc3cc(-c4ccc(-c5ccc6[nH]c([C@@H]7C[C@@H]8CCCC[C@@H]8N7C(=O)[C@H](C)c7ccccc7)nc6c5)cc4)ccc3[nH]2)C[C@@H]2CCCC[C@@H]21)c1ccccc1. The molecule has 4 heterocycles. The summed E-state index contributed by atoms with van der Waals surface area (Å²) in [7, 11) is 1.32. The number of imidazole rings is 2. The maximum Gasteiger partial charge on any atom is 0.407 e. The second-order valence-corrected chi connectivity index (χ2v) is 19.1. The van der Waals surface area contributed by atoms with E-state index in [1.54, 1.807) is 0 Å². The zero-order valence-corrected chi connectivity index (χ0v) is 37.7. The first-order valence-electron chi connectivity index (χ1n) is 24.0. The number of hydrogen-bond donors (Lipinski definition) is 3. The Kier molecular flexibility index (Phi) is 11.2. The molecule has 0 bridgehead atoms. The highest BCUT2D eigenvalue weighted by Crippen LogP contribution is 2.49. The van der Waals surface area contributed by atoms with Crippen molar-refractivity contribution < 1.29 is 19.1 Å². The van der Waals surface area contributed by atoms with Gasteiger partial charge in [-0.2, -0.15) is 0 Å². The van der Waals surface area contributed by atoms with Gasteiger partial charge < -0.3 is 29.8 Å². The van der Waals surface area contributed by atoms with Gasteiger partial charge in [-0.25, -0.2) is 14.8 Å². The first-order valence-corrected chi connectivity index (χ1v) is 24.0. The van der Waals surface area contributed by atoms with Crippen LogP contribution in [-0.2, 0) is 14.3 Å². The quantitative estimate of drug-likeness (QED) is 0.132. The fourth-order valence-electron chi connectivity index (χ4n) is 12.0. The Labute approximate surface area is 385 Å². The first-order chi connectivity index (χ1) is 32.3. The summed E-state index contributed by atoms with van der Waals surface area (Å²) in [5.41, 5.74) is 9.72. The number of fused-ring (bicyclic) bond motifs is 4. The van der Waals surface area contributed by atoms with E-state index in [-0.39, 0.29) is 41.9 Å². The molecule has 11 nitrogen and oxygen atoms in total. The minimum atomic E-state index is -0.877. The molecule has 3 amide bonds. The lowest BCUT2D eigenvalue weighted by Gasteiger charge is -2.36. The van der Waals surface area contributed by atoms with Crippen molar-refractivity contribution in [2.24, 2.45) is 11.8 Å². The highest BCUT2D eigenvalue weighted by molar-refractivity contribution is 5.89. The lowest BCUT2D eigenvalue weighted by molar-refractivity contribution is -0.138. The highest BCUT2D eigenvalue weighted by Gasteiger charge is 2.49. The smallest absolute Gasteiger partial charge is 0.407 e. The number of H-pyrrole nitrogens is 2. The van der Waals surface area contributed by atoms with Crippen LogP contribution in [-0.4, -0.2) is 66.8 Å². The van der Waals surface area contributed by atoms with Crippen LogP contribution < -0.4 is 5.32 Å². The summed E-state index contributed by atoms with van der Waals surface area (Å²) >= 11 is 0. The largest absolute Gasteiger partial charge is 0.453 e. The molecule has 66 heavy (non-hydrogen) atoms. The summed E-state index contributed by atoms with van der Waals surface area (Å²) in [6.07, 6.45) is 9.96. The molecule has 0 radical (unpaired) electrons. The normalized spacial score (nSPS) is 23.6. The minimum absolute atomic E-state index is 0.0685. The number of rotatable bonds is 9. The second-order valence-electron chi connectivity index (χ2n) is 19.1. The highest BCUT2D eigenvalue weighted by atomic mass is 16.5. The van der Waals surface area contributed by atoms with E-state index in [1.165, 1.54) is 20.0 Å². The van der Waals surface area contributed by atoms with Gasteiger partial charge in [-0.05, 0) is 115 Å². The Balaban J connectivity index is 0.837. The summed E-state index contributed by atoms with van der Waals surface area (Å²) in [6.45, 7) is 2.05. The van der Waals surface area contributed by atoms with Crippen molar-refractivity contribution in [3.05, 3.63) is 144 Å². The number of alkyl carbamates (subject to hydrolysis) is 1. The predicted molar refractivity (Wildman–Crippen MR) is 256 cm³/mol. The minimum Gasteiger partial charge on any atom is -0.453 e. The van der Waals surface area contributed by atoms with Gasteiger partial charge in [0.05, 0.1) is 47.2 Å². The number of methoxy groups -OCH3 is 1. The average Bonchev–Trinajstić information content (AvgIpc) is 4.17. The molecule has 2 saturated heterocycles. The maximum atomic E-state index is 14.7. The number of carbonyl (C=O) groups is 3. The van der Waals surface area contributed by atoms with Crippen molar-refractivity contribution in [2.45, 2.75) is 107 Å². The summed E-state index contributed by atoms with van der Waals surface area (Å²) in [5, 5.41) is 2.83. The standard InChI is InChI=1S/C55H57N7O4/c1-33(34-13-5-3-6-14-34)53(63)61-46-19-11-9-17-40(46)31-48(61)51-56-42-27-25-38(29-44(42)58-51)35-21-23-36(24-22-35)39-26-28-43-45(30-39)59-52(57-43)49-32-41-18-10-12-20-47(41)62(49)54(64)50(60-55(65)66-2)37-15-7-4-8-16-37/h3-8,13-16,21-30,33,40-41,46-50H,9-12,17-20,31-32H2,1-2H3,(H,56,58)(H,57,59)(H,60,65)/t33-,40+,41+,46+,47+,48+,49+,50-/m1/s1. The Morgan fingerprint density at radius 3 is 1.55 bits per heavy atom. The van der Waals surface area contributed by atoms with Crippen LogP contribution in [0, 0.1) is 11.8 Å². The number of carbonyl (C=O) groups excluding carboxylic acids is 3. The van der Waals surface area contributed by atoms with Crippen molar-refractivity contribution in [1.82, 2.24) is 35.1 Å². The van der Waals surface area contributed by atoms with E-state index in [0.717, 1.165) is 113 Å². The molecule has 3 N–H and O–H groups in total. The molecule has 5 aromatic carbocycles. The molecule has 4 fully saturated rings. The van der Waals surface area contributed by atoms with Crippen molar-refractivity contribution in [3.8, 4) is 22.3 Å². The van der Waals surface area contributed by atoms with Crippen LogP contribution in [0.5, 0.6) is 0 Å². The third-order valence-electron chi connectivity index (χ3n) is 15.4.